The van der Waals surface area contributed by atoms with Gasteiger partial charge >= 0.3 is 76.3 Å². The van der Waals surface area contributed by atoms with Gasteiger partial charge in [-0.15, -0.1) is 0 Å². The van der Waals surface area contributed by atoms with Crippen molar-refractivity contribution in [1.29, 1.82) is 0 Å². The van der Waals surface area contributed by atoms with Gasteiger partial charge in [0, 0.05) is 0 Å². The summed E-state index contributed by atoms with van der Waals surface area (Å²) in [5.74, 6) is 0. The number of rotatable bonds is 0. The quantitative estimate of drug-likeness (QED) is 0.187. The van der Waals surface area contributed by atoms with Crippen LogP contribution in [-0.2, 0) is 0 Å². The Kier molecular flexibility index (Phi) is 133. The maximum atomic E-state index is 8.25. The van der Waals surface area contributed by atoms with Crippen molar-refractivity contribution in [2.24, 2.45) is 0 Å². The molecule has 0 atom stereocenters. The Balaban J connectivity index is -0.0000000104. The summed E-state index contributed by atoms with van der Waals surface area (Å²) in [6.07, 6.45) is 0. The molecule has 0 amide bonds. The van der Waals surface area contributed by atoms with Crippen LogP contribution in [0.5, 0.6) is 0 Å². The molecule has 0 heterocycles. The van der Waals surface area contributed by atoms with E-state index in [0.717, 1.165) is 0 Å². The molecule has 0 unspecified atom stereocenters. The van der Waals surface area contributed by atoms with Crippen LogP contribution in [0.3, 0.4) is 0 Å². The Morgan fingerprint density at radius 2 is 0.471 bits per heavy atom. The van der Waals surface area contributed by atoms with E-state index in [0.29, 0.717) is 0 Å². The molecule has 0 aliphatic rings. The van der Waals surface area contributed by atoms with Gasteiger partial charge in [0.2, 0.25) is 0 Å². The first-order chi connectivity index (χ1) is 5.20. The molecule has 17 heteroatoms. The Bertz CT molecular complexity index is 127. The van der Waals surface area contributed by atoms with E-state index in [4.69, 9.17) is 46.0 Å². The second-order valence-corrected chi connectivity index (χ2v) is 0.671. The maximum absolute atomic E-state index is 8.25. The molecule has 0 N–H and O–H groups in total. The van der Waals surface area contributed by atoms with Crippen molar-refractivity contribution < 1.29 is 129 Å². The van der Waals surface area contributed by atoms with Crippen molar-refractivity contribution in [3.63, 3.8) is 0 Å². The first kappa shape index (κ1) is 52.0. The van der Waals surface area contributed by atoms with Gasteiger partial charge in [-0.3, -0.25) is 0 Å². The van der Waals surface area contributed by atoms with Crippen molar-refractivity contribution >= 4 is 0 Å². The molecule has 0 rings (SSSR count). The fourth-order valence-electron chi connectivity index (χ4n) is 0. The molecule has 0 aromatic heterocycles. The number of hydrogen-bond donors (Lipinski definition) is 0. The van der Waals surface area contributed by atoms with Crippen molar-refractivity contribution in [3.05, 3.63) is 46.0 Å². The average molecular weight is 617 g/mol. The van der Waals surface area contributed by atoms with E-state index in [-0.39, 0.29) is 114 Å². The van der Waals surface area contributed by atoms with E-state index < -0.39 is 15.3 Å². The number of nitrogens with zero attached hydrogens (tertiary/aromatic N) is 3. The third-order valence-electron chi connectivity index (χ3n) is 0. The Labute approximate surface area is 172 Å². The summed E-state index contributed by atoms with van der Waals surface area (Å²) >= 11 is 0. The zero-order valence-electron chi connectivity index (χ0n) is 6.78. The summed E-state index contributed by atoms with van der Waals surface area (Å²) < 4.78 is 0. The minimum atomic E-state index is -1.75. The summed E-state index contributed by atoms with van der Waals surface area (Å²) in [6, 6.07) is 0. The van der Waals surface area contributed by atoms with Crippen LogP contribution in [0.4, 0.5) is 0 Å². The Morgan fingerprint density at radius 3 is 0.471 bits per heavy atom. The van der Waals surface area contributed by atoms with Crippen LogP contribution in [0.1, 0.15) is 0 Å². The molecule has 0 spiro atoms. The first-order valence-electron chi connectivity index (χ1n) is 1.64. The van der Waals surface area contributed by atoms with Gasteiger partial charge in [-0.25, -0.2) is 0 Å². The summed E-state index contributed by atoms with van der Waals surface area (Å²) in [5, 5.41) is 44.2. The van der Waals surface area contributed by atoms with Crippen molar-refractivity contribution in [2.75, 3.05) is 0 Å². The van der Waals surface area contributed by atoms with Gasteiger partial charge in [0.25, 0.3) is 0 Å². The monoisotopic (exact) mass is 619 g/mol. The van der Waals surface area contributed by atoms with E-state index in [1.807, 2.05) is 0 Å². The van der Waals surface area contributed by atoms with Crippen LogP contribution in [0.15, 0.2) is 0 Å². The maximum Gasteiger partial charge on any atom is 3.00 e. The summed E-state index contributed by atoms with van der Waals surface area (Å²) in [5.41, 5.74) is 0. The van der Waals surface area contributed by atoms with Gasteiger partial charge < -0.3 is 83.2 Å². The largest absolute Gasteiger partial charge is 3.00 e. The molecule has 0 fully saturated rings. The molecule has 0 saturated carbocycles. The van der Waals surface area contributed by atoms with E-state index >= 15 is 0 Å². The van der Waals surface area contributed by atoms with Crippen LogP contribution in [-0.4, -0.2) is 15.3 Å². The third kappa shape index (κ3) is 3720. The van der Waals surface area contributed by atoms with Gasteiger partial charge in [-0.1, -0.05) is 0 Å². The van der Waals surface area contributed by atoms with Crippen molar-refractivity contribution in [2.45, 2.75) is 0 Å². The van der Waals surface area contributed by atoms with Gasteiger partial charge in [0.05, 0.1) is 15.3 Å². The van der Waals surface area contributed by atoms with E-state index in [9.17, 15) is 0 Å². The normalized spacial score (nSPS) is 4.24. The Hall–Kier alpha value is 1.02. The van der Waals surface area contributed by atoms with Crippen LogP contribution >= 0.6 is 0 Å². The minimum absolute atomic E-state index is 0. The van der Waals surface area contributed by atoms with E-state index in [1.165, 1.54) is 0 Å². The van der Waals surface area contributed by atoms with Crippen molar-refractivity contribution in [1.82, 2.24) is 0 Å². The minimum Gasteiger partial charge on any atom is -1.00 e. The van der Waals surface area contributed by atoms with Gasteiger partial charge in [0.1, 0.15) is 0 Å². The van der Waals surface area contributed by atoms with Crippen LogP contribution in [0, 0.1) is 122 Å². The third-order valence-corrected chi connectivity index (χ3v) is 0. The van der Waals surface area contributed by atoms with Gasteiger partial charge in [-0.2, -0.15) is 0 Å². The molecule has 0 aliphatic carbocycles. The second-order valence-electron chi connectivity index (χ2n) is 0.671. The topological polar surface area (TPSA) is 199 Å². The molecule has 0 aromatic carbocycles. The molecule has 0 saturated heterocycles. The second kappa shape index (κ2) is 43.5. The number of halogens is 3. The molecule has 0 bridgehead atoms. The standard InChI is InChI=1S/3ClH.2Dy.3NO3/c;;;;;3*2-1(3)4/h3*1H;;;;;/q;;;2*+3;3*-1/p-3. The summed E-state index contributed by atoms with van der Waals surface area (Å²) in [6.45, 7) is 0. The van der Waals surface area contributed by atoms with Gasteiger partial charge in [-0.05, 0) is 0 Å². The van der Waals surface area contributed by atoms with E-state index in [1.54, 1.807) is 0 Å². The fraction of sp³-hybridized carbons (Fsp3) is 0. The fourth-order valence-corrected chi connectivity index (χ4v) is 0. The predicted octanol–water partition coefficient (Wildman–Crippen LogP) is -9.71. The van der Waals surface area contributed by atoms with Crippen LogP contribution in [0.25, 0.3) is 0 Å². The van der Waals surface area contributed by atoms with Crippen LogP contribution in [0.2, 0.25) is 0 Å². The number of hydrogen-bond acceptors (Lipinski definition) is 9. The molecular weight excluding hydrogens is 617 g/mol. The van der Waals surface area contributed by atoms with E-state index in [2.05, 4.69) is 0 Å². The molecule has 110 valence electrons. The SMILES string of the molecule is O=[N+]([O-])[O-].O=[N+]([O-])[O-].O=[N+]([O-])[O-].[Cl-].[Cl-].[Cl-].[Dy+3].[Dy+3]. The first-order valence-corrected chi connectivity index (χ1v) is 1.64. The molecule has 17 heavy (non-hydrogen) atoms. The molecule has 12 nitrogen and oxygen atoms in total. The molecule has 0 aromatic rings. The van der Waals surface area contributed by atoms with Crippen LogP contribution < -0.4 is 37.2 Å². The van der Waals surface area contributed by atoms with Crippen molar-refractivity contribution in [3.8, 4) is 0 Å². The van der Waals surface area contributed by atoms with Gasteiger partial charge in [0.15, 0.2) is 0 Å². The zero-order chi connectivity index (χ0) is 10.7. The smallest absolute Gasteiger partial charge is 1.00 e. The Morgan fingerprint density at radius 1 is 0.471 bits per heavy atom. The molecule has 2 radical (unpaired) electrons. The summed E-state index contributed by atoms with van der Waals surface area (Å²) in [7, 11) is 0. The summed E-state index contributed by atoms with van der Waals surface area (Å²) in [4.78, 5) is 24.8. The predicted molar refractivity (Wildman–Crippen MR) is 31.1 cm³/mol. The average Bonchev–Trinajstić information content (AvgIpc) is 1.54. The molecular formula is Cl3Dy2N3O9. The zero-order valence-corrected chi connectivity index (χ0v) is 13.1. The molecule has 0 aliphatic heterocycles.